The number of nitrogens with zero attached hydrogens (tertiary/aromatic N) is 1. The van der Waals surface area contributed by atoms with Gasteiger partial charge in [0.15, 0.2) is 0 Å². The Balaban J connectivity index is 1.89. The summed E-state index contributed by atoms with van der Waals surface area (Å²) in [4.78, 5) is 16.8. The third-order valence-corrected chi connectivity index (χ3v) is 4.05. The van der Waals surface area contributed by atoms with Gasteiger partial charge in [-0.1, -0.05) is 6.07 Å². The summed E-state index contributed by atoms with van der Waals surface area (Å²) in [7, 11) is 0. The van der Waals surface area contributed by atoms with Crippen LogP contribution in [0, 0.1) is 6.92 Å². The minimum absolute atomic E-state index is 0.103. The summed E-state index contributed by atoms with van der Waals surface area (Å²) >= 11 is 3.37. The fourth-order valence-electron chi connectivity index (χ4n) is 2.57. The molecule has 0 unspecified atom stereocenters. The number of amides is 1. The summed E-state index contributed by atoms with van der Waals surface area (Å²) in [5, 5.41) is 6.24. The van der Waals surface area contributed by atoms with Crippen LogP contribution in [0.3, 0.4) is 0 Å². The van der Waals surface area contributed by atoms with Crippen LogP contribution in [-0.4, -0.2) is 17.4 Å². The molecule has 1 aliphatic rings. The van der Waals surface area contributed by atoms with Crippen LogP contribution in [0.25, 0.3) is 0 Å². The number of aryl methyl sites for hydroxylation is 1. The van der Waals surface area contributed by atoms with Crippen molar-refractivity contribution in [3.63, 3.8) is 0 Å². The van der Waals surface area contributed by atoms with Crippen LogP contribution in [0.2, 0.25) is 0 Å². The first-order chi connectivity index (χ1) is 10.1. The average Bonchev–Trinajstić information content (AvgIpc) is 2.49. The summed E-state index contributed by atoms with van der Waals surface area (Å²) in [6.45, 7) is 2.89. The Morgan fingerprint density at radius 2 is 2.29 bits per heavy atom. The van der Waals surface area contributed by atoms with E-state index >= 15 is 0 Å². The molecule has 0 aliphatic carbocycles. The normalized spacial score (nSPS) is 13.2. The zero-order chi connectivity index (χ0) is 14.8. The molecule has 1 aliphatic heterocycles. The molecule has 0 spiro atoms. The van der Waals surface area contributed by atoms with E-state index in [9.17, 15) is 4.79 Å². The molecule has 3 rings (SSSR count). The third kappa shape index (κ3) is 2.93. The van der Waals surface area contributed by atoms with Crippen molar-refractivity contribution < 1.29 is 4.79 Å². The number of rotatable bonds is 2. The van der Waals surface area contributed by atoms with Crippen molar-refractivity contribution in [1.29, 1.82) is 0 Å². The second kappa shape index (κ2) is 5.85. The van der Waals surface area contributed by atoms with Gasteiger partial charge in [-0.2, -0.15) is 0 Å². The third-order valence-electron chi connectivity index (χ3n) is 3.62. The Labute approximate surface area is 132 Å². The lowest BCUT2D eigenvalue weighted by Gasteiger charge is -2.20. The fourth-order valence-corrected chi connectivity index (χ4v) is 3.01. The van der Waals surface area contributed by atoms with Gasteiger partial charge >= 0.3 is 0 Å². The number of benzene rings is 1. The maximum absolute atomic E-state index is 12.5. The van der Waals surface area contributed by atoms with Gasteiger partial charge < -0.3 is 10.6 Å². The second-order valence-electron chi connectivity index (χ2n) is 5.14. The van der Waals surface area contributed by atoms with Crippen molar-refractivity contribution in [2.24, 2.45) is 0 Å². The number of halogens is 1. The first-order valence-electron chi connectivity index (χ1n) is 6.94. The van der Waals surface area contributed by atoms with E-state index in [-0.39, 0.29) is 5.91 Å². The molecule has 21 heavy (non-hydrogen) atoms. The van der Waals surface area contributed by atoms with E-state index in [1.54, 1.807) is 6.20 Å². The van der Waals surface area contributed by atoms with Crippen molar-refractivity contribution in [3.8, 4) is 0 Å². The minimum atomic E-state index is -0.103. The van der Waals surface area contributed by atoms with Crippen LogP contribution < -0.4 is 10.6 Å². The molecule has 0 radical (unpaired) electrons. The molecule has 0 saturated heterocycles. The SMILES string of the molecule is Cc1cc(Br)cnc1NC(=O)c1cccc2c1CCCN2. The standard InChI is InChI=1S/C16H16BrN3O/c1-10-8-11(17)9-19-15(10)20-16(21)13-4-2-6-14-12(13)5-3-7-18-14/h2,4,6,8-9,18H,3,5,7H2,1H3,(H,19,20,21). The highest BCUT2D eigenvalue weighted by Gasteiger charge is 2.18. The molecular formula is C16H16BrN3O. The fraction of sp³-hybridized carbons (Fsp3) is 0.250. The monoisotopic (exact) mass is 345 g/mol. The Kier molecular flexibility index (Phi) is 3.92. The molecule has 2 aromatic rings. The van der Waals surface area contributed by atoms with Gasteiger partial charge in [-0.05, 0) is 65.0 Å². The molecule has 0 saturated carbocycles. The molecular weight excluding hydrogens is 330 g/mol. The van der Waals surface area contributed by atoms with Gasteiger partial charge in [0.2, 0.25) is 0 Å². The van der Waals surface area contributed by atoms with Crippen LogP contribution >= 0.6 is 15.9 Å². The van der Waals surface area contributed by atoms with Gasteiger partial charge in [0.1, 0.15) is 5.82 Å². The zero-order valence-corrected chi connectivity index (χ0v) is 13.3. The van der Waals surface area contributed by atoms with E-state index in [1.807, 2.05) is 31.2 Å². The molecule has 2 heterocycles. The zero-order valence-electron chi connectivity index (χ0n) is 11.7. The van der Waals surface area contributed by atoms with Crippen LogP contribution in [0.4, 0.5) is 11.5 Å². The summed E-state index contributed by atoms with van der Waals surface area (Å²) in [5.41, 5.74) is 3.81. The van der Waals surface area contributed by atoms with Crippen molar-refractivity contribution in [2.75, 3.05) is 17.2 Å². The van der Waals surface area contributed by atoms with E-state index < -0.39 is 0 Å². The van der Waals surface area contributed by atoms with Crippen LogP contribution in [0.5, 0.6) is 0 Å². The van der Waals surface area contributed by atoms with Crippen LogP contribution in [0.1, 0.15) is 27.9 Å². The molecule has 1 aromatic heterocycles. The Morgan fingerprint density at radius 1 is 1.43 bits per heavy atom. The number of aromatic nitrogens is 1. The number of carbonyl (C=O) groups is 1. The maximum Gasteiger partial charge on any atom is 0.257 e. The summed E-state index contributed by atoms with van der Waals surface area (Å²) in [5.74, 6) is 0.498. The molecule has 0 fully saturated rings. The highest BCUT2D eigenvalue weighted by molar-refractivity contribution is 9.10. The lowest BCUT2D eigenvalue weighted by atomic mass is 9.97. The largest absolute Gasteiger partial charge is 0.385 e. The van der Waals surface area contributed by atoms with E-state index in [2.05, 4.69) is 31.5 Å². The molecule has 5 heteroatoms. The Hall–Kier alpha value is -1.88. The average molecular weight is 346 g/mol. The first-order valence-corrected chi connectivity index (χ1v) is 7.74. The van der Waals surface area contributed by atoms with E-state index in [0.29, 0.717) is 5.82 Å². The van der Waals surface area contributed by atoms with E-state index in [1.165, 1.54) is 0 Å². The second-order valence-corrected chi connectivity index (χ2v) is 6.05. The lowest BCUT2D eigenvalue weighted by Crippen LogP contribution is -2.20. The molecule has 0 atom stereocenters. The molecule has 1 amide bonds. The molecule has 1 aromatic carbocycles. The van der Waals surface area contributed by atoms with Gasteiger partial charge in [0.05, 0.1) is 0 Å². The first kappa shape index (κ1) is 14.1. The van der Waals surface area contributed by atoms with Crippen molar-refractivity contribution in [3.05, 3.63) is 51.6 Å². The lowest BCUT2D eigenvalue weighted by molar-refractivity contribution is 0.102. The highest BCUT2D eigenvalue weighted by Crippen LogP contribution is 2.26. The van der Waals surface area contributed by atoms with Crippen LogP contribution in [0.15, 0.2) is 34.9 Å². The number of carbonyl (C=O) groups excluding carboxylic acids is 1. The number of hydrogen-bond donors (Lipinski definition) is 2. The number of nitrogens with one attached hydrogen (secondary N) is 2. The van der Waals surface area contributed by atoms with Gasteiger partial charge in [-0.3, -0.25) is 4.79 Å². The topological polar surface area (TPSA) is 54.0 Å². The predicted molar refractivity (Wildman–Crippen MR) is 87.9 cm³/mol. The van der Waals surface area contributed by atoms with Crippen LogP contribution in [-0.2, 0) is 6.42 Å². The molecule has 2 N–H and O–H groups in total. The Bertz CT molecular complexity index is 700. The van der Waals surface area contributed by atoms with Gasteiger partial charge in [0, 0.05) is 28.5 Å². The summed E-state index contributed by atoms with van der Waals surface area (Å²) in [6.07, 6.45) is 3.66. The highest BCUT2D eigenvalue weighted by atomic mass is 79.9. The van der Waals surface area contributed by atoms with Crippen molar-refractivity contribution in [2.45, 2.75) is 19.8 Å². The summed E-state index contributed by atoms with van der Waals surface area (Å²) in [6, 6.07) is 7.74. The summed E-state index contributed by atoms with van der Waals surface area (Å²) < 4.78 is 0.902. The number of anilines is 2. The number of pyridine rings is 1. The minimum Gasteiger partial charge on any atom is -0.385 e. The molecule has 108 valence electrons. The maximum atomic E-state index is 12.5. The Morgan fingerprint density at radius 3 is 3.10 bits per heavy atom. The predicted octanol–water partition coefficient (Wildman–Crippen LogP) is 3.76. The van der Waals surface area contributed by atoms with Gasteiger partial charge in [-0.15, -0.1) is 0 Å². The smallest absolute Gasteiger partial charge is 0.257 e. The van der Waals surface area contributed by atoms with E-state index in [0.717, 1.165) is 46.2 Å². The number of fused-ring (bicyclic) bond motifs is 1. The van der Waals surface area contributed by atoms with E-state index in [4.69, 9.17) is 0 Å². The number of hydrogen-bond acceptors (Lipinski definition) is 3. The van der Waals surface area contributed by atoms with Gasteiger partial charge in [0.25, 0.3) is 5.91 Å². The van der Waals surface area contributed by atoms with Crippen molar-refractivity contribution >= 4 is 33.3 Å². The molecule has 0 bridgehead atoms. The molecule has 4 nitrogen and oxygen atoms in total. The quantitative estimate of drug-likeness (QED) is 0.871. The van der Waals surface area contributed by atoms with Gasteiger partial charge in [-0.25, -0.2) is 4.98 Å². The van der Waals surface area contributed by atoms with Crippen molar-refractivity contribution in [1.82, 2.24) is 4.98 Å².